The van der Waals surface area contributed by atoms with E-state index < -0.39 is 21.9 Å². The molecule has 0 saturated carbocycles. The van der Waals surface area contributed by atoms with Crippen molar-refractivity contribution in [1.29, 1.82) is 0 Å². The molecule has 1 atom stereocenters. The highest BCUT2D eigenvalue weighted by Gasteiger charge is 2.34. The van der Waals surface area contributed by atoms with Gasteiger partial charge in [-0.3, -0.25) is 9.59 Å². The second-order valence-corrected chi connectivity index (χ2v) is 8.69. The van der Waals surface area contributed by atoms with Crippen molar-refractivity contribution in [3.63, 3.8) is 0 Å². The summed E-state index contributed by atoms with van der Waals surface area (Å²) >= 11 is 0. The van der Waals surface area contributed by atoms with Crippen molar-refractivity contribution in [1.82, 2.24) is 4.31 Å². The molecule has 7 nitrogen and oxygen atoms in total. The number of rotatable bonds is 3. The van der Waals surface area contributed by atoms with Crippen molar-refractivity contribution in [2.45, 2.75) is 44.0 Å². The van der Waals surface area contributed by atoms with Gasteiger partial charge in [-0.05, 0) is 49.9 Å². The molecular weight excluding hydrogens is 344 g/mol. The molecule has 25 heavy (non-hydrogen) atoms. The number of aliphatic carboxylic acids is 1. The molecule has 2 heterocycles. The van der Waals surface area contributed by atoms with Crippen LogP contribution in [0.15, 0.2) is 23.1 Å². The standard InChI is InChI=1S/C17H22N2O5S/c1-11-9-14-10-15(3-4-16(14)19(11)12(2)20)25(23,24)18-7-5-13(6-8-18)17(21)22/h3-4,10-11,13H,5-9H2,1-2H3,(H,21,22)/t11-/m0/s1. The quantitative estimate of drug-likeness (QED) is 0.874. The van der Waals surface area contributed by atoms with E-state index in [0.717, 1.165) is 11.3 Å². The van der Waals surface area contributed by atoms with Gasteiger partial charge in [0.1, 0.15) is 0 Å². The average Bonchev–Trinajstić information content (AvgIpc) is 2.89. The van der Waals surface area contributed by atoms with E-state index in [2.05, 4.69) is 0 Å². The number of anilines is 1. The molecule has 1 aromatic rings. The zero-order chi connectivity index (χ0) is 18.4. The minimum atomic E-state index is -3.65. The van der Waals surface area contributed by atoms with E-state index in [1.165, 1.54) is 17.3 Å². The van der Waals surface area contributed by atoms with E-state index in [-0.39, 0.29) is 29.9 Å². The Bertz CT molecular complexity index is 812. The van der Waals surface area contributed by atoms with Crippen LogP contribution in [0, 0.1) is 5.92 Å². The Morgan fingerprint density at radius 2 is 1.84 bits per heavy atom. The van der Waals surface area contributed by atoms with Crippen molar-refractivity contribution >= 4 is 27.6 Å². The van der Waals surface area contributed by atoms with Crippen molar-refractivity contribution in [2.24, 2.45) is 5.92 Å². The third-order valence-corrected chi connectivity index (χ3v) is 6.94. The summed E-state index contributed by atoms with van der Waals surface area (Å²) in [5.41, 5.74) is 1.62. The third-order valence-electron chi connectivity index (χ3n) is 5.05. The van der Waals surface area contributed by atoms with Crippen LogP contribution in [0.4, 0.5) is 5.69 Å². The summed E-state index contributed by atoms with van der Waals surface area (Å²) in [4.78, 5) is 24.7. The lowest BCUT2D eigenvalue weighted by atomic mass is 9.99. The zero-order valence-electron chi connectivity index (χ0n) is 14.3. The molecule has 0 bridgehead atoms. The topological polar surface area (TPSA) is 95.0 Å². The molecule has 0 radical (unpaired) electrons. The first-order valence-corrected chi connectivity index (χ1v) is 9.81. The van der Waals surface area contributed by atoms with Gasteiger partial charge in [-0.2, -0.15) is 4.31 Å². The normalized spacial score (nSPS) is 22.0. The highest BCUT2D eigenvalue weighted by molar-refractivity contribution is 7.89. The summed E-state index contributed by atoms with van der Waals surface area (Å²) in [6.45, 7) is 3.87. The Hall–Kier alpha value is -1.93. The van der Waals surface area contributed by atoms with Crippen molar-refractivity contribution in [2.75, 3.05) is 18.0 Å². The monoisotopic (exact) mass is 366 g/mol. The van der Waals surface area contributed by atoms with Crippen LogP contribution in [-0.2, 0) is 26.0 Å². The molecule has 1 saturated heterocycles. The van der Waals surface area contributed by atoms with Gasteiger partial charge in [0, 0.05) is 31.7 Å². The van der Waals surface area contributed by atoms with Gasteiger partial charge < -0.3 is 10.0 Å². The molecule has 1 N–H and O–H groups in total. The second kappa shape index (κ2) is 6.42. The maximum atomic E-state index is 12.9. The number of hydrogen-bond acceptors (Lipinski definition) is 4. The Morgan fingerprint density at radius 3 is 2.40 bits per heavy atom. The van der Waals surface area contributed by atoms with Crippen LogP contribution >= 0.6 is 0 Å². The van der Waals surface area contributed by atoms with Gasteiger partial charge in [-0.15, -0.1) is 0 Å². The minimum absolute atomic E-state index is 0.0109. The number of fused-ring (bicyclic) bond motifs is 1. The van der Waals surface area contributed by atoms with Crippen LogP contribution in [-0.4, -0.2) is 48.8 Å². The Morgan fingerprint density at radius 1 is 1.20 bits per heavy atom. The van der Waals surface area contributed by atoms with E-state index in [1.807, 2.05) is 6.92 Å². The molecule has 0 aliphatic carbocycles. The number of carbonyl (C=O) groups excluding carboxylic acids is 1. The van der Waals surface area contributed by atoms with Crippen LogP contribution in [0.25, 0.3) is 0 Å². The van der Waals surface area contributed by atoms with Gasteiger partial charge in [0.05, 0.1) is 10.8 Å². The van der Waals surface area contributed by atoms with Crippen LogP contribution in [0.1, 0.15) is 32.3 Å². The summed E-state index contributed by atoms with van der Waals surface area (Å²) < 4.78 is 27.1. The maximum Gasteiger partial charge on any atom is 0.306 e. The van der Waals surface area contributed by atoms with Crippen LogP contribution in [0.2, 0.25) is 0 Å². The number of hydrogen-bond donors (Lipinski definition) is 1. The van der Waals surface area contributed by atoms with Crippen LogP contribution < -0.4 is 4.90 Å². The van der Waals surface area contributed by atoms with Gasteiger partial charge in [0.15, 0.2) is 0 Å². The number of nitrogens with zero attached hydrogens (tertiary/aromatic N) is 2. The first-order chi connectivity index (χ1) is 11.7. The first kappa shape index (κ1) is 17.9. The number of piperidine rings is 1. The number of amides is 1. The Kier molecular flexibility index (Phi) is 4.59. The SMILES string of the molecule is CC(=O)N1c2ccc(S(=O)(=O)N3CCC(C(=O)O)CC3)cc2C[C@@H]1C. The largest absolute Gasteiger partial charge is 0.481 e. The molecule has 0 spiro atoms. The van der Waals surface area contributed by atoms with E-state index in [4.69, 9.17) is 5.11 Å². The molecule has 1 amide bonds. The summed E-state index contributed by atoms with van der Waals surface area (Å²) in [6, 6.07) is 4.88. The lowest BCUT2D eigenvalue weighted by Crippen LogP contribution is -2.40. The van der Waals surface area contributed by atoms with Gasteiger partial charge in [-0.25, -0.2) is 8.42 Å². The highest BCUT2D eigenvalue weighted by Crippen LogP contribution is 2.35. The van der Waals surface area contributed by atoms with E-state index in [0.29, 0.717) is 19.3 Å². The van der Waals surface area contributed by atoms with E-state index in [1.54, 1.807) is 17.0 Å². The van der Waals surface area contributed by atoms with Crippen molar-refractivity contribution in [3.05, 3.63) is 23.8 Å². The number of carboxylic acids is 1. The smallest absolute Gasteiger partial charge is 0.306 e. The average molecular weight is 366 g/mol. The molecule has 1 fully saturated rings. The summed E-state index contributed by atoms with van der Waals surface area (Å²) in [7, 11) is -3.65. The molecule has 8 heteroatoms. The molecule has 2 aliphatic rings. The minimum Gasteiger partial charge on any atom is -0.481 e. The Labute approximate surface area is 147 Å². The Balaban J connectivity index is 1.84. The van der Waals surface area contributed by atoms with Gasteiger partial charge >= 0.3 is 5.97 Å². The molecule has 0 aromatic heterocycles. The molecule has 1 aromatic carbocycles. The fourth-order valence-corrected chi connectivity index (χ4v) is 5.26. The third kappa shape index (κ3) is 3.16. The van der Waals surface area contributed by atoms with E-state index in [9.17, 15) is 18.0 Å². The maximum absolute atomic E-state index is 12.9. The molecule has 136 valence electrons. The number of sulfonamides is 1. The fraction of sp³-hybridized carbons (Fsp3) is 0.529. The first-order valence-electron chi connectivity index (χ1n) is 8.37. The number of benzene rings is 1. The fourth-order valence-electron chi connectivity index (χ4n) is 3.74. The molecule has 0 unspecified atom stereocenters. The van der Waals surface area contributed by atoms with Crippen molar-refractivity contribution < 1.29 is 23.1 Å². The van der Waals surface area contributed by atoms with Gasteiger partial charge in [0.25, 0.3) is 0 Å². The zero-order valence-corrected chi connectivity index (χ0v) is 15.1. The molecule has 2 aliphatic heterocycles. The van der Waals surface area contributed by atoms with Gasteiger partial charge in [-0.1, -0.05) is 0 Å². The number of carbonyl (C=O) groups is 2. The summed E-state index contributed by atoms with van der Waals surface area (Å²) in [5.74, 6) is -1.40. The summed E-state index contributed by atoms with van der Waals surface area (Å²) in [5, 5.41) is 9.04. The summed E-state index contributed by atoms with van der Waals surface area (Å²) in [6.07, 6.45) is 1.28. The predicted molar refractivity (Wildman–Crippen MR) is 91.9 cm³/mol. The molecular formula is C17H22N2O5S. The predicted octanol–water partition coefficient (Wildman–Crippen LogP) is 1.47. The van der Waals surface area contributed by atoms with E-state index >= 15 is 0 Å². The molecule has 3 rings (SSSR count). The lowest BCUT2D eigenvalue weighted by molar-refractivity contribution is -0.142. The van der Waals surface area contributed by atoms with Crippen LogP contribution in [0.5, 0.6) is 0 Å². The lowest BCUT2D eigenvalue weighted by Gasteiger charge is -2.29. The van der Waals surface area contributed by atoms with Crippen LogP contribution in [0.3, 0.4) is 0 Å². The van der Waals surface area contributed by atoms with Crippen molar-refractivity contribution in [3.8, 4) is 0 Å². The highest BCUT2D eigenvalue weighted by atomic mass is 32.2. The number of carboxylic acid groups (broad SMARTS) is 1. The second-order valence-electron chi connectivity index (χ2n) is 6.75. The van der Waals surface area contributed by atoms with Gasteiger partial charge in [0.2, 0.25) is 15.9 Å².